The summed E-state index contributed by atoms with van der Waals surface area (Å²) >= 11 is 0. The number of imidazole rings is 1. The van der Waals surface area contributed by atoms with Crippen LogP contribution in [-0.4, -0.2) is 76.4 Å². The average molecular weight is 691 g/mol. The fraction of sp³-hybridized carbons (Fsp3) is 0.375. The summed E-state index contributed by atoms with van der Waals surface area (Å²) in [6, 6.07) is 25.0. The van der Waals surface area contributed by atoms with E-state index in [0.29, 0.717) is 25.2 Å². The molecule has 0 bridgehead atoms. The van der Waals surface area contributed by atoms with Crippen molar-refractivity contribution in [3.8, 4) is 22.4 Å². The van der Waals surface area contributed by atoms with Crippen LogP contribution in [0.25, 0.3) is 22.4 Å². The van der Waals surface area contributed by atoms with Gasteiger partial charge in [-0.2, -0.15) is 0 Å². The van der Waals surface area contributed by atoms with E-state index in [2.05, 4.69) is 20.4 Å². The van der Waals surface area contributed by atoms with Gasteiger partial charge in [0.15, 0.2) is 0 Å². The number of aromatic amines is 1. The first kappa shape index (κ1) is 35.4. The minimum absolute atomic E-state index is 0.0710. The van der Waals surface area contributed by atoms with Crippen LogP contribution in [0.1, 0.15) is 63.4 Å². The van der Waals surface area contributed by atoms with E-state index in [0.717, 1.165) is 53.2 Å². The van der Waals surface area contributed by atoms with Gasteiger partial charge in [0.05, 0.1) is 30.7 Å². The lowest BCUT2D eigenvalue weighted by Gasteiger charge is -2.26. The number of benzene rings is 3. The van der Waals surface area contributed by atoms with Gasteiger partial charge in [-0.1, -0.05) is 80.6 Å². The van der Waals surface area contributed by atoms with Crippen molar-refractivity contribution in [1.82, 2.24) is 25.1 Å². The molecule has 2 aliphatic rings. The summed E-state index contributed by atoms with van der Waals surface area (Å²) in [5.74, 6) is -0.0992. The number of rotatable bonds is 10. The van der Waals surface area contributed by atoms with Gasteiger partial charge in [0, 0.05) is 37.1 Å². The van der Waals surface area contributed by atoms with Crippen LogP contribution < -0.4 is 10.6 Å². The number of nitrogens with zero attached hydrogens (tertiary/aromatic N) is 3. The zero-order valence-corrected chi connectivity index (χ0v) is 29.6. The largest absolute Gasteiger partial charge is 0.453 e. The van der Waals surface area contributed by atoms with Gasteiger partial charge in [-0.05, 0) is 60.9 Å². The number of hydrogen-bond donors (Lipinski definition) is 3. The zero-order valence-electron chi connectivity index (χ0n) is 29.6. The summed E-state index contributed by atoms with van der Waals surface area (Å²) in [7, 11) is 1.26. The predicted molar refractivity (Wildman–Crippen MR) is 195 cm³/mol. The smallest absolute Gasteiger partial charge is 0.407 e. The van der Waals surface area contributed by atoms with Crippen molar-refractivity contribution < 1.29 is 23.9 Å². The zero-order chi connectivity index (χ0) is 36.1. The monoisotopic (exact) mass is 690 g/mol. The maximum absolute atomic E-state index is 13.5. The summed E-state index contributed by atoms with van der Waals surface area (Å²) < 4.78 is 4.67. The van der Waals surface area contributed by atoms with Gasteiger partial charge in [-0.25, -0.2) is 9.78 Å². The van der Waals surface area contributed by atoms with Gasteiger partial charge in [0.1, 0.15) is 11.9 Å². The van der Waals surface area contributed by atoms with Crippen molar-refractivity contribution >= 4 is 29.5 Å². The Kier molecular flexibility index (Phi) is 10.8. The number of nitrogens with one attached hydrogen (secondary N) is 3. The number of amides is 4. The molecule has 51 heavy (non-hydrogen) atoms. The molecule has 4 atom stereocenters. The Hall–Kier alpha value is -5.45. The molecule has 0 spiro atoms. The number of likely N-dealkylation sites (tertiary alicyclic amines) is 2. The van der Waals surface area contributed by atoms with Crippen molar-refractivity contribution in [3.63, 3.8) is 0 Å². The van der Waals surface area contributed by atoms with Crippen LogP contribution in [0.5, 0.6) is 0 Å². The third kappa shape index (κ3) is 7.98. The lowest BCUT2D eigenvalue weighted by Crippen LogP contribution is -2.50. The number of hydrogen-bond acceptors (Lipinski definition) is 6. The molecule has 266 valence electrons. The molecule has 11 heteroatoms. The standard InChI is InChI=1S/C40H46N6O5/c1-25(2)35(44-40(50)51-4)39(49)45-22-20-31(24-45)37(47)42-32-18-16-29(17-19-32)28-12-14-30(15-13-28)33-23-41-36(43-33)34-11-8-21-46(34)38(48)26(3)27-9-6-5-7-10-27/h5-7,9-10,12-19,23,25-26,31,34-35H,8,11,20-22,24H2,1-4H3,(H,41,43)(H,42,47)(H,44,50)/t26-,31+,34+,35+/m1/s1. The molecule has 11 nitrogen and oxygen atoms in total. The number of anilines is 1. The number of ether oxygens (including phenoxy) is 1. The highest BCUT2D eigenvalue weighted by Crippen LogP contribution is 2.35. The van der Waals surface area contributed by atoms with Crippen LogP contribution in [0.3, 0.4) is 0 Å². The number of H-pyrrole nitrogens is 1. The van der Waals surface area contributed by atoms with Gasteiger partial charge in [0.2, 0.25) is 17.7 Å². The second-order valence-electron chi connectivity index (χ2n) is 13.8. The second-order valence-corrected chi connectivity index (χ2v) is 13.8. The van der Waals surface area contributed by atoms with E-state index in [1.807, 2.05) is 111 Å². The number of carbonyl (C=O) groups is 4. The molecule has 4 aromatic rings. The fourth-order valence-corrected chi connectivity index (χ4v) is 7.00. The molecule has 4 amide bonds. The van der Waals surface area contributed by atoms with E-state index in [4.69, 9.17) is 4.98 Å². The molecule has 3 aromatic carbocycles. The highest BCUT2D eigenvalue weighted by Gasteiger charge is 2.37. The van der Waals surface area contributed by atoms with Crippen molar-refractivity contribution in [3.05, 3.63) is 96.4 Å². The van der Waals surface area contributed by atoms with E-state index >= 15 is 0 Å². The van der Waals surface area contributed by atoms with Crippen LogP contribution in [0.15, 0.2) is 85.1 Å². The van der Waals surface area contributed by atoms with E-state index in [9.17, 15) is 19.2 Å². The first-order valence-corrected chi connectivity index (χ1v) is 17.7. The Morgan fingerprint density at radius 1 is 0.843 bits per heavy atom. The molecule has 2 saturated heterocycles. The lowest BCUT2D eigenvalue weighted by atomic mass is 9.99. The highest BCUT2D eigenvalue weighted by molar-refractivity contribution is 5.94. The molecule has 0 aliphatic carbocycles. The molecule has 0 radical (unpaired) electrons. The first-order chi connectivity index (χ1) is 24.6. The summed E-state index contributed by atoms with van der Waals surface area (Å²) in [4.78, 5) is 63.3. The van der Waals surface area contributed by atoms with E-state index in [1.54, 1.807) is 4.90 Å². The summed E-state index contributed by atoms with van der Waals surface area (Å²) in [6.07, 6.45) is 3.63. The lowest BCUT2D eigenvalue weighted by molar-refractivity contribution is -0.134. The van der Waals surface area contributed by atoms with E-state index in [-0.39, 0.29) is 41.5 Å². The topological polar surface area (TPSA) is 137 Å². The number of aromatic nitrogens is 2. The van der Waals surface area contributed by atoms with Gasteiger partial charge in [-0.15, -0.1) is 0 Å². The fourth-order valence-electron chi connectivity index (χ4n) is 7.00. The third-order valence-corrected chi connectivity index (χ3v) is 10.0. The van der Waals surface area contributed by atoms with Gasteiger partial charge >= 0.3 is 6.09 Å². The highest BCUT2D eigenvalue weighted by atomic mass is 16.5. The third-order valence-electron chi connectivity index (χ3n) is 10.0. The molecule has 2 aliphatic heterocycles. The van der Waals surface area contributed by atoms with Crippen molar-refractivity contribution in [2.45, 2.75) is 58.0 Å². The molecule has 3 N–H and O–H groups in total. The maximum Gasteiger partial charge on any atom is 0.407 e. The minimum atomic E-state index is -0.716. The first-order valence-electron chi connectivity index (χ1n) is 17.7. The number of methoxy groups -OCH3 is 1. The number of carbonyl (C=O) groups excluding carboxylic acids is 4. The van der Waals surface area contributed by atoms with Crippen LogP contribution in [0.2, 0.25) is 0 Å². The minimum Gasteiger partial charge on any atom is -0.453 e. The van der Waals surface area contributed by atoms with Crippen molar-refractivity contribution in [2.24, 2.45) is 11.8 Å². The van der Waals surface area contributed by atoms with E-state index < -0.39 is 12.1 Å². The second kappa shape index (κ2) is 15.6. The number of alkyl carbamates (subject to hydrolysis) is 1. The van der Waals surface area contributed by atoms with E-state index in [1.165, 1.54) is 7.11 Å². The molecule has 6 rings (SSSR count). The van der Waals surface area contributed by atoms with Gasteiger partial charge in [-0.3, -0.25) is 14.4 Å². The molecule has 0 unspecified atom stereocenters. The molecular formula is C40H46N6O5. The maximum atomic E-state index is 13.5. The molecular weight excluding hydrogens is 644 g/mol. The van der Waals surface area contributed by atoms with Crippen molar-refractivity contribution in [2.75, 3.05) is 32.1 Å². The van der Waals surface area contributed by atoms with Crippen molar-refractivity contribution in [1.29, 1.82) is 0 Å². The van der Waals surface area contributed by atoms with Gasteiger partial charge in [0.25, 0.3) is 0 Å². The van der Waals surface area contributed by atoms with Crippen LogP contribution in [-0.2, 0) is 19.1 Å². The Labute approximate surface area is 298 Å². The Morgan fingerprint density at radius 2 is 1.51 bits per heavy atom. The predicted octanol–water partition coefficient (Wildman–Crippen LogP) is 6.38. The Morgan fingerprint density at radius 3 is 2.18 bits per heavy atom. The quantitative estimate of drug-likeness (QED) is 0.177. The van der Waals surface area contributed by atoms with Crippen LogP contribution in [0, 0.1) is 11.8 Å². The normalized spacial score (nSPS) is 18.4. The van der Waals surface area contributed by atoms with Crippen LogP contribution >= 0.6 is 0 Å². The SMILES string of the molecule is COC(=O)N[C@H](C(=O)N1CC[C@H](C(=O)Nc2ccc(-c3ccc(-c4c[nH]c([C@@H]5CCCN5C(=O)[C@H](C)c5ccccc5)n4)cc3)cc2)C1)C(C)C. The Balaban J connectivity index is 1.04. The van der Waals surface area contributed by atoms with Gasteiger partial charge < -0.3 is 30.2 Å². The molecule has 1 aromatic heterocycles. The summed E-state index contributed by atoms with van der Waals surface area (Å²) in [6.45, 7) is 7.15. The summed E-state index contributed by atoms with van der Waals surface area (Å²) in [5.41, 5.74) is 5.54. The summed E-state index contributed by atoms with van der Waals surface area (Å²) in [5, 5.41) is 5.60. The molecule has 0 saturated carbocycles. The van der Waals surface area contributed by atoms with Crippen LogP contribution in [0.4, 0.5) is 10.5 Å². The Bertz CT molecular complexity index is 1840. The molecule has 3 heterocycles. The average Bonchev–Trinajstić information content (AvgIpc) is 3.95. The molecule has 2 fully saturated rings.